The predicted octanol–water partition coefficient (Wildman–Crippen LogP) is 7.04. The molecule has 0 aliphatic rings. The molecular formula is C20H33F. The van der Waals surface area contributed by atoms with Crippen molar-refractivity contribution in [1.82, 2.24) is 0 Å². The Morgan fingerprint density at radius 2 is 1.81 bits per heavy atom. The van der Waals surface area contributed by atoms with Crippen LogP contribution in [0.2, 0.25) is 0 Å². The number of benzene rings is 1. The van der Waals surface area contributed by atoms with E-state index in [9.17, 15) is 4.39 Å². The average Bonchev–Trinajstić information content (AvgIpc) is 2.41. The van der Waals surface area contributed by atoms with Gasteiger partial charge in [0.1, 0.15) is 5.82 Å². The molecule has 0 saturated heterocycles. The normalized spacial score (nSPS) is 11.6. The zero-order chi connectivity index (χ0) is 16.4. The number of hydrogen-bond donors (Lipinski definition) is 0. The van der Waals surface area contributed by atoms with E-state index in [2.05, 4.69) is 33.8 Å². The molecule has 120 valence electrons. The molecule has 0 N–H and O–H groups in total. The van der Waals surface area contributed by atoms with E-state index in [-0.39, 0.29) is 11.7 Å². The van der Waals surface area contributed by atoms with Gasteiger partial charge in [0.2, 0.25) is 0 Å². The van der Waals surface area contributed by atoms with Crippen LogP contribution in [-0.2, 0) is 0 Å². The molecule has 0 unspecified atom stereocenters. The van der Waals surface area contributed by atoms with Crippen LogP contribution in [0, 0.1) is 18.7 Å². The Morgan fingerprint density at radius 1 is 1.19 bits per heavy atom. The van der Waals surface area contributed by atoms with Crippen molar-refractivity contribution in [3.63, 3.8) is 0 Å². The minimum Gasteiger partial charge on any atom is -0.206 e. The van der Waals surface area contributed by atoms with E-state index in [1.807, 2.05) is 26.0 Å². The first-order valence-electron chi connectivity index (χ1n) is 8.16. The molecule has 0 aromatic heterocycles. The van der Waals surface area contributed by atoms with E-state index in [4.69, 9.17) is 0 Å². The van der Waals surface area contributed by atoms with Crippen LogP contribution < -0.4 is 0 Å². The maximum Gasteiger partial charge on any atom is 0.129 e. The maximum absolute atomic E-state index is 13.3. The highest BCUT2D eigenvalue weighted by Crippen LogP contribution is 2.20. The number of allylic oxidation sites excluding steroid dienone is 2. The minimum absolute atomic E-state index is 0.0532. The lowest BCUT2D eigenvalue weighted by Gasteiger charge is -2.07. The van der Waals surface area contributed by atoms with E-state index in [1.165, 1.54) is 24.8 Å². The monoisotopic (exact) mass is 292 g/mol. The minimum atomic E-state index is -0.0532. The molecule has 0 atom stereocenters. The highest BCUT2D eigenvalue weighted by Gasteiger charge is 2.06. The van der Waals surface area contributed by atoms with Crippen LogP contribution in [0.25, 0.3) is 0 Å². The van der Waals surface area contributed by atoms with Gasteiger partial charge in [-0.05, 0) is 56.6 Å². The van der Waals surface area contributed by atoms with E-state index in [0.717, 1.165) is 17.0 Å². The molecule has 1 rings (SSSR count). The van der Waals surface area contributed by atoms with Gasteiger partial charge in [-0.3, -0.25) is 0 Å². The van der Waals surface area contributed by atoms with E-state index in [1.54, 1.807) is 13.0 Å². The topological polar surface area (TPSA) is 0 Å². The second-order valence-electron chi connectivity index (χ2n) is 6.55. The lowest BCUT2D eigenvalue weighted by atomic mass is 10.0. The third-order valence-corrected chi connectivity index (χ3v) is 3.69. The Hall–Kier alpha value is -1.11. The predicted molar refractivity (Wildman–Crippen MR) is 93.3 cm³/mol. The second kappa shape index (κ2) is 10.6. The van der Waals surface area contributed by atoms with E-state index >= 15 is 0 Å². The molecular weight excluding hydrogens is 259 g/mol. The molecule has 1 heteroatoms. The van der Waals surface area contributed by atoms with Crippen LogP contribution in [0.15, 0.2) is 29.8 Å². The van der Waals surface area contributed by atoms with Gasteiger partial charge in [0, 0.05) is 0 Å². The standard InChI is InChI=1S/C10H13F.C10H20/c1-7(2)9-6-4-5-8(3)10(9)11;1-5-10(4)8-6-7-9(2)3/h4-7H,1-3H3;5,9H,6-8H2,1-4H3/b;10-5-. The Bertz CT molecular complexity index is 427. The van der Waals surface area contributed by atoms with Crippen LogP contribution in [0.4, 0.5) is 4.39 Å². The summed E-state index contributed by atoms with van der Waals surface area (Å²) in [6, 6.07) is 5.53. The third-order valence-electron chi connectivity index (χ3n) is 3.69. The molecule has 0 fully saturated rings. The smallest absolute Gasteiger partial charge is 0.129 e. The van der Waals surface area contributed by atoms with Crippen molar-refractivity contribution >= 4 is 0 Å². The molecule has 0 amide bonds. The fourth-order valence-corrected chi connectivity index (χ4v) is 2.05. The number of halogens is 1. The van der Waals surface area contributed by atoms with Gasteiger partial charge in [-0.2, -0.15) is 0 Å². The van der Waals surface area contributed by atoms with Gasteiger partial charge >= 0.3 is 0 Å². The van der Waals surface area contributed by atoms with Gasteiger partial charge in [-0.1, -0.05) is 64.0 Å². The van der Waals surface area contributed by atoms with Crippen molar-refractivity contribution in [2.24, 2.45) is 5.92 Å². The molecule has 0 radical (unpaired) electrons. The molecule has 1 aromatic rings. The molecule has 0 nitrogen and oxygen atoms in total. The molecule has 0 aliphatic heterocycles. The number of aryl methyl sites for hydroxylation is 1. The molecule has 1 aromatic carbocycles. The SMILES string of the molecule is C/C=C(/C)CCCC(C)C.Cc1cccc(C(C)C)c1F. The zero-order valence-electron chi connectivity index (χ0n) is 15.0. The second-order valence-corrected chi connectivity index (χ2v) is 6.55. The van der Waals surface area contributed by atoms with Gasteiger partial charge in [0.15, 0.2) is 0 Å². The maximum atomic E-state index is 13.3. The summed E-state index contributed by atoms with van der Waals surface area (Å²) in [5, 5.41) is 0. The summed E-state index contributed by atoms with van der Waals surface area (Å²) in [5.41, 5.74) is 3.07. The summed E-state index contributed by atoms with van der Waals surface area (Å²) in [5.74, 6) is 1.09. The van der Waals surface area contributed by atoms with Crippen LogP contribution >= 0.6 is 0 Å². The highest BCUT2D eigenvalue weighted by molar-refractivity contribution is 5.26. The van der Waals surface area contributed by atoms with Crippen molar-refractivity contribution < 1.29 is 4.39 Å². The van der Waals surface area contributed by atoms with Crippen LogP contribution in [0.3, 0.4) is 0 Å². The number of hydrogen-bond acceptors (Lipinski definition) is 0. The highest BCUT2D eigenvalue weighted by atomic mass is 19.1. The summed E-state index contributed by atoms with van der Waals surface area (Å²) in [7, 11) is 0. The van der Waals surface area contributed by atoms with Crippen molar-refractivity contribution in [3.8, 4) is 0 Å². The summed E-state index contributed by atoms with van der Waals surface area (Å²) in [6.07, 6.45) is 6.22. The molecule has 0 bridgehead atoms. The van der Waals surface area contributed by atoms with Gasteiger partial charge in [0.25, 0.3) is 0 Å². The summed E-state index contributed by atoms with van der Waals surface area (Å²) >= 11 is 0. The van der Waals surface area contributed by atoms with Crippen LogP contribution in [-0.4, -0.2) is 0 Å². The summed E-state index contributed by atoms with van der Waals surface area (Å²) in [6.45, 7) is 14.7. The first-order valence-corrected chi connectivity index (χ1v) is 8.16. The van der Waals surface area contributed by atoms with Crippen molar-refractivity contribution in [2.45, 2.75) is 73.6 Å². The third kappa shape index (κ3) is 8.70. The first-order chi connectivity index (χ1) is 9.79. The lowest BCUT2D eigenvalue weighted by molar-refractivity contribution is 0.554. The van der Waals surface area contributed by atoms with Gasteiger partial charge in [-0.15, -0.1) is 0 Å². The Morgan fingerprint density at radius 3 is 2.24 bits per heavy atom. The Labute approximate surface area is 131 Å². The molecule has 0 saturated carbocycles. The van der Waals surface area contributed by atoms with Crippen LogP contribution in [0.1, 0.15) is 77.8 Å². The van der Waals surface area contributed by atoms with Gasteiger partial charge in [0.05, 0.1) is 0 Å². The van der Waals surface area contributed by atoms with E-state index in [0.29, 0.717) is 0 Å². The fourth-order valence-electron chi connectivity index (χ4n) is 2.05. The molecule has 0 spiro atoms. The quantitative estimate of drug-likeness (QED) is 0.511. The van der Waals surface area contributed by atoms with Crippen LogP contribution in [0.5, 0.6) is 0 Å². The summed E-state index contributed by atoms with van der Waals surface area (Å²) in [4.78, 5) is 0. The largest absolute Gasteiger partial charge is 0.206 e. The average molecular weight is 292 g/mol. The Kier molecular flexibility index (Phi) is 10.0. The molecule has 21 heavy (non-hydrogen) atoms. The zero-order valence-corrected chi connectivity index (χ0v) is 15.0. The first kappa shape index (κ1) is 19.9. The van der Waals surface area contributed by atoms with Crippen molar-refractivity contribution in [1.29, 1.82) is 0 Å². The molecule has 0 aliphatic carbocycles. The molecule has 0 heterocycles. The van der Waals surface area contributed by atoms with Gasteiger partial charge < -0.3 is 0 Å². The Balaban J connectivity index is 0.000000384. The fraction of sp³-hybridized carbons (Fsp3) is 0.600. The van der Waals surface area contributed by atoms with Crippen molar-refractivity contribution in [3.05, 3.63) is 46.8 Å². The van der Waals surface area contributed by atoms with Gasteiger partial charge in [-0.25, -0.2) is 4.39 Å². The lowest BCUT2D eigenvalue weighted by Crippen LogP contribution is -1.94. The summed E-state index contributed by atoms with van der Waals surface area (Å²) < 4.78 is 13.3. The number of rotatable bonds is 5. The van der Waals surface area contributed by atoms with Crippen molar-refractivity contribution in [2.75, 3.05) is 0 Å². The van der Waals surface area contributed by atoms with E-state index < -0.39 is 0 Å².